The fourth-order valence-electron chi connectivity index (χ4n) is 2.46. The third-order valence-electron chi connectivity index (χ3n) is 3.63. The van der Waals surface area contributed by atoms with Crippen LogP contribution in [0.5, 0.6) is 5.88 Å². The second-order valence-electron chi connectivity index (χ2n) is 5.48. The minimum atomic E-state index is -4.45. The van der Waals surface area contributed by atoms with Crippen LogP contribution < -0.4 is 4.74 Å². The molecule has 6 nitrogen and oxygen atoms in total. The van der Waals surface area contributed by atoms with Crippen molar-refractivity contribution in [3.05, 3.63) is 41.4 Å². The molecule has 0 unspecified atom stereocenters. The molecule has 0 aliphatic carbocycles. The van der Waals surface area contributed by atoms with Gasteiger partial charge >= 0.3 is 6.18 Å². The molecule has 2 aromatic rings. The number of likely N-dealkylation sites (tertiary alicyclic amines) is 1. The molecule has 24 heavy (non-hydrogen) atoms. The van der Waals surface area contributed by atoms with Gasteiger partial charge in [-0.15, -0.1) is 0 Å². The Morgan fingerprint density at radius 2 is 2.21 bits per heavy atom. The van der Waals surface area contributed by atoms with Gasteiger partial charge in [0.15, 0.2) is 5.69 Å². The van der Waals surface area contributed by atoms with E-state index in [4.69, 9.17) is 9.26 Å². The van der Waals surface area contributed by atoms with E-state index >= 15 is 0 Å². The maximum absolute atomic E-state index is 12.7. The maximum Gasteiger partial charge on any atom is 0.416 e. The van der Waals surface area contributed by atoms with Gasteiger partial charge in [-0.2, -0.15) is 13.2 Å². The lowest BCUT2D eigenvalue weighted by Gasteiger charge is -2.16. The quantitative estimate of drug-likeness (QED) is 0.859. The zero-order valence-corrected chi connectivity index (χ0v) is 12.7. The molecule has 3 heterocycles. The van der Waals surface area contributed by atoms with Gasteiger partial charge in [0.2, 0.25) is 5.88 Å². The molecule has 1 amide bonds. The van der Waals surface area contributed by atoms with Gasteiger partial charge in [-0.25, -0.2) is 4.98 Å². The van der Waals surface area contributed by atoms with Gasteiger partial charge < -0.3 is 14.2 Å². The number of aryl methyl sites for hydroxylation is 1. The first kappa shape index (κ1) is 16.3. The Balaban J connectivity index is 1.63. The molecule has 1 aliphatic rings. The van der Waals surface area contributed by atoms with Crippen LogP contribution in [-0.2, 0) is 6.18 Å². The summed E-state index contributed by atoms with van der Waals surface area (Å²) < 4.78 is 48.4. The van der Waals surface area contributed by atoms with Crippen molar-refractivity contribution in [3.63, 3.8) is 0 Å². The number of pyridine rings is 1. The van der Waals surface area contributed by atoms with Crippen LogP contribution in [0.3, 0.4) is 0 Å². The topological polar surface area (TPSA) is 68.5 Å². The molecule has 128 valence electrons. The predicted octanol–water partition coefficient (Wildman–Crippen LogP) is 2.69. The van der Waals surface area contributed by atoms with E-state index in [1.54, 1.807) is 6.92 Å². The molecule has 0 spiro atoms. The van der Waals surface area contributed by atoms with Gasteiger partial charge in [-0.3, -0.25) is 4.79 Å². The smallest absolute Gasteiger partial charge is 0.416 e. The Morgan fingerprint density at radius 3 is 2.88 bits per heavy atom. The van der Waals surface area contributed by atoms with Crippen LogP contribution in [0.4, 0.5) is 13.2 Å². The summed E-state index contributed by atoms with van der Waals surface area (Å²) in [6.45, 7) is 2.36. The Morgan fingerprint density at radius 1 is 1.42 bits per heavy atom. The zero-order chi connectivity index (χ0) is 17.3. The molecule has 0 radical (unpaired) electrons. The Bertz CT molecular complexity index is 745. The summed E-state index contributed by atoms with van der Waals surface area (Å²) in [7, 11) is 0. The largest absolute Gasteiger partial charge is 0.472 e. The zero-order valence-electron chi connectivity index (χ0n) is 12.7. The summed E-state index contributed by atoms with van der Waals surface area (Å²) in [5, 5.41) is 3.66. The van der Waals surface area contributed by atoms with Gasteiger partial charge in [-0.1, -0.05) is 5.16 Å². The minimum Gasteiger partial charge on any atom is -0.472 e. The van der Waals surface area contributed by atoms with E-state index in [0.717, 1.165) is 18.3 Å². The van der Waals surface area contributed by atoms with Gasteiger partial charge in [0.25, 0.3) is 5.91 Å². The van der Waals surface area contributed by atoms with E-state index in [1.807, 2.05) is 0 Å². The predicted molar refractivity (Wildman–Crippen MR) is 75.4 cm³/mol. The first-order chi connectivity index (χ1) is 11.3. The number of hydrogen-bond donors (Lipinski definition) is 0. The SMILES string of the molecule is Cc1cc(C(=O)N2CC[C@H](Oc3cc(C(F)(F)F)ccn3)C2)no1. The van der Waals surface area contributed by atoms with E-state index in [2.05, 4.69) is 10.1 Å². The molecular formula is C15H14F3N3O3. The second kappa shape index (κ2) is 6.14. The molecule has 1 saturated heterocycles. The monoisotopic (exact) mass is 341 g/mol. The molecule has 0 aromatic carbocycles. The first-order valence-corrected chi connectivity index (χ1v) is 7.25. The molecule has 9 heteroatoms. The summed E-state index contributed by atoms with van der Waals surface area (Å²) >= 11 is 0. The van der Waals surface area contributed by atoms with Crippen LogP contribution in [0.2, 0.25) is 0 Å². The number of hydrogen-bond acceptors (Lipinski definition) is 5. The average Bonchev–Trinajstić information content (AvgIpc) is 3.15. The van der Waals surface area contributed by atoms with Crippen molar-refractivity contribution in [1.29, 1.82) is 0 Å². The van der Waals surface area contributed by atoms with E-state index in [1.165, 1.54) is 11.0 Å². The summed E-state index contributed by atoms with van der Waals surface area (Å²) in [5.74, 6) is 0.120. The summed E-state index contributed by atoms with van der Waals surface area (Å²) in [4.78, 5) is 17.5. The molecule has 2 aromatic heterocycles. The Kier molecular flexibility index (Phi) is 4.16. The van der Waals surface area contributed by atoms with Crippen molar-refractivity contribution >= 4 is 5.91 Å². The van der Waals surface area contributed by atoms with Crippen molar-refractivity contribution < 1.29 is 27.2 Å². The lowest BCUT2D eigenvalue weighted by molar-refractivity contribution is -0.137. The van der Waals surface area contributed by atoms with Crippen LogP contribution in [-0.4, -0.2) is 40.1 Å². The normalized spacial score (nSPS) is 18.0. The van der Waals surface area contributed by atoms with Gasteiger partial charge in [0, 0.05) is 31.3 Å². The van der Waals surface area contributed by atoms with Crippen LogP contribution >= 0.6 is 0 Å². The highest BCUT2D eigenvalue weighted by Gasteiger charge is 2.33. The number of aromatic nitrogens is 2. The molecule has 1 atom stereocenters. The fourth-order valence-corrected chi connectivity index (χ4v) is 2.46. The highest BCUT2D eigenvalue weighted by Crippen LogP contribution is 2.31. The minimum absolute atomic E-state index is 0.110. The average molecular weight is 341 g/mol. The van der Waals surface area contributed by atoms with Crippen LogP contribution in [0.1, 0.15) is 28.2 Å². The van der Waals surface area contributed by atoms with Gasteiger partial charge in [0.1, 0.15) is 11.9 Å². The maximum atomic E-state index is 12.7. The number of rotatable bonds is 3. The van der Waals surface area contributed by atoms with Crippen LogP contribution in [0, 0.1) is 6.92 Å². The van der Waals surface area contributed by atoms with E-state index < -0.39 is 17.8 Å². The molecule has 1 aliphatic heterocycles. The molecule has 0 N–H and O–H groups in total. The second-order valence-corrected chi connectivity index (χ2v) is 5.48. The number of alkyl halides is 3. The summed E-state index contributed by atoms with van der Waals surface area (Å²) in [6, 6.07) is 3.26. The third-order valence-corrected chi connectivity index (χ3v) is 3.63. The van der Waals surface area contributed by atoms with E-state index in [0.29, 0.717) is 18.7 Å². The number of halogens is 3. The van der Waals surface area contributed by atoms with Crippen molar-refractivity contribution in [2.24, 2.45) is 0 Å². The number of amides is 1. The number of ether oxygens (including phenoxy) is 1. The fraction of sp³-hybridized carbons (Fsp3) is 0.400. The van der Waals surface area contributed by atoms with E-state index in [9.17, 15) is 18.0 Å². The molecule has 0 bridgehead atoms. The van der Waals surface area contributed by atoms with Gasteiger partial charge in [0.05, 0.1) is 12.1 Å². The molecule has 3 rings (SSSR count). The van der Waals surface area contributed by atoms with Crippen molar-refractivity contribution in [1.82, 2.24) is 15.0 Å². The molecular weight excluding hydrogens is 327 g/mol. The lowest BCUT2D eigenvalue weighted by Crippen LogP contribution is -2.31. The Hall–Kier alpha value is -2.58. The highest BCUT2D eigenvalue weighted by molar-refractivity contribution is 5.92. The summed E-state index contributed by atoms with van der Waals surface area (Å²) in [5.41, 5.74) is -0.623. The number of nitrogens with zero attached hydrogens (tertiary/aromatic N) is 3. The standard InChI is InChI=1S/C15H14F3N3O3/c1-9-6-12(20-24-9)14(22)21-5-3-11(8-21)23-13-7-10(2-4-19-13)15(16,17)18/h2,4,6-7,11H,3,5,8H2,1H3/t11-/m0/s1. The number of carbonyl (C=O) groups is 1. The Labute approximate surface area is 135 Å². The van der Waals surface area contributed by atoms with Crippen molar-refractivity contribution in [3.8, 4) is 5.88 Å². The number of carbonyl (C=O) groups excluding carboxylic acids is 1. The third kappa shape index (κ3) is 3.50. The molecule has 1 fully saturated rings. The van der Waals surface area contributed by atoms with Crippen LogP contribution in [0.25, 0.3) is 0 Å². The van der Waals surface area contributed by atoms with E-state index in [-0.39, 0.29) is 24.0 Å². The summed E-state index contributed by atoms with van der Waals surface area (Å²) in [6.07, 6.45) is -3.32. The highest BCUT2D eigenvalue weighted by atomic mass is 19.4. The lowest BCUT2D eigenvalue weighted by atomic mass is 10.2. The van der Waals surface area contributed by atoms with Gasteiger partial charge in [-0.05, 0) is 13.0 Å². The van der Waals surface area contributed by atoms with Crippen molar-refractivity contribution in [2.45, 2.75) is 25.6 Å². The first-order valence-electron chi connectivity index (χ1n) is 7.25. The van der Waals surface area contributed by atoms with Crippen molar-refractivity contribution in [2.75, 3.05) is 13.1 Å². The molecule has 0 saturated carbocycles. The van der Waals surface area contributed by atoms with Crippen LogP contribution in [0.15, 0.2) is 28.9 Å².